The lowest BCUT2D eigenvalue weighted by molar-refractivity contribution is 0.156. The fraction of sp³-hybridized carbons (Fsp3) is 0.538. The Morgan fingerprint density at radius 3 is 2.79 bits per heavy atom. The molecule has 1 heterocycles. The quantitative estimate of drug-likeness (QED) is 0.648. The summed E-state index contributed by atoms with van der Waals surface area (Å²) in [5.74, 6) is 0.255. The van der Waals surface area contributed by atoms with Crippen molar-refractivity contribution in [1.82, 2.24) is 4.98 Å². The van der Waals surface area contributed by atoms with E-state index in [2.05, 4.69) is 4.98 Å². The predicted molar refractivity (Wildman–Crippen MR) is 71.2 cm³/mol. The number of anilines is 1. The molecule has 1 aliphatic carbocycles. The van der Waals surface area contributed by atoms with E-state index in [1.807, 2.05) is 6.07 Å². The molecule has 0 atom stereocenters. The highest BCUT2D eigenvalue weighted by atomic mass is 19.3. The fourth-order valence-electron chi connectivity index (χ4n) is 2.41. The summed E-state index contributed by atoms with van der Waals surface area (Å²) in [6.45, 7) is -0.411. The molecule has 1 aliphatic rings. The minimum Gasteiger partial charge on any atom is -0.384 e. The van der Waals surface area contributed by atoms with Crippen molar-refractivity contribution in [2.45, 2.75) is 32.1 Å². The summed E-state index contributed by atoms with van der Waals surface area (Å²) in [7, 11) is 1.55. The van der Waals surface area contributed by atoms with Crippen molar-refractivity contribution in [1.29, 1.82) is 5.41 Å². The van der Waals surface area contributed by atoms with Gasteiger partial charge in [0, 0.05) is 12.7 Å². The monoisotopic (exact) mass is 268 g/mol. The van der Waals surface area contributed by atoms with Crippen molar-refractivity contribution >= 4 is 11.7 Å². The number of hydrogen-bond acceptors (Lipinski definition) is 3. The molecule has 3 N–H and O–H groups in total. The second-order valence-corrected chi connectivity index (χ2v) is 4.86. The molecule has 0 amide bonds. The van der Waals surface area contributed by atoms with Gasteiger partial charge in [-0.2, -0.15) is 0 Å². The summed E-state index contributed by atoms with van der Waals surface area (Å²) in [6.07, 6.45) is 1.50. The second-order valence-electron chi connectivity index (χ2n) is 4.86. The number of rotatable bonds is 4. The molecular weight excluding hydrogens is 250 g/mol. The molecular formula is C13H18F2N4. The number of amidine groups is 1. The molecule has 1 aromatic rings. The normalized spacial score (nSPS) is 14.3. The Balaban J connectivity index is 2.42. The van der Waals surface area contributed by atoms with E-state index in [9.17, 15) is 8.78 Å². The van der Waals surface area contributed by atoms with Crippen LogP contribution in [0, 0.1) is 5.41 Å². The van der Waals surface area contributed by atoms with Gasteiger partial charge in [0.15, 0.2) is 0 Å². The average Bonchev–Trinajstić information content (AvgIpc) is 2.36. The summed E-state index contributed by atoms with van der Waals surface area (Å²) in [6, 6.07) is 1.83. The summed E-state index contributed by atoms with van der Waals surface area (Å²) >= 11 is 0. The van der Waals surface area contributed by atoms with Gasteiger partial charge in [0.05, 0.1) is 12.1 Å². The highest BCUT2D eigenvalue weighted by Gasteiger charge is 2.20. The van der Waals surface area contributed by atoms with Crippen LogP contribution in [0.3, 0.4) is 0 Å². The van der Waals surface area contributed by atoms with E-state index >= 15 is 0 Å². The molecule has 2 rings (SSSR count). The lowest BCUT2D eigenvalue weighted by Crippen LogP contribution is -2.29. The first-order chi connectivity index (χ1) is 8.99. The Bertz CT molecular complexity index is 488. The Kier molecular flexibility index (Phi) is 3.97. The standard InChI is InChI=1S/C13H18F2N4/c1-19(7-11(14)15)13-9(12(16)17)6-8-4-2-3-5-10(8)18-13/h6,11H,2-5,7H2,1H3,(H3,16,17). The lowest BCUT2D eigenvalue weighted by Gasteiger charge is -2.24. The summed E-state index contributed by atoms with van der Waals surface area (Å²) in [5, 5.41) is 7.59. The van der Waals surface area contributed by atoms with E-state index in [-0.39, 0.29) is 5.84 Å². The molecule has 0 fully saturated rings. The minimum absolute atomic E-state index is 0.128. The van der Waals surface area contributed by atoms with Gasteiger partial charge in [0.1, 0.15) is 11.7 Å². The molecule has 0 saturated carbocycles. The molecule has 0 saturated heterocycles. The van der Waals surface area contributed by atoms with Crippen LogP contribution >= 0.6 is 0 Å². The first kappa shape index (κ1) is 13.7. The molecule has 0 radical (unpaired) electrons. The SMILES string of the molecule is CN(CC(F)F)c1nc2c(cc1C(=N)N)CCCC2. The number of nitrogens with one attached hydrogen (secondary N) is 1. The maximum Gasteiger partial charge on any atom is 0.255 e. The van der Waals surface area contributed by atoms with Crippen LogP contribution in [0.2, 0.25) is 0 Å². The van der Waals surface area contributed by atoms with Crippen LogP contribution in [0.25, 0.3) is 0 Å². The molecule has 104 valence electrons. The van der Waals surface area contributed by atoms with Crippen LogP contribution in [0.1, 0.15) is 29.7 Å². The van der Waals surface area contributed by atoms with E-state index < -0.39 is 13.0 Å². The lowest BCUT2D eigenvalue weighted by atomic mass is 9.94. The van der Waals surface area contributed by atoms with Crippen molar-refractivity contribution in [3.63, 3.8) is 0 Å². The predicted octanol–water partition coefficient (Wildman–Crippen LogP) is 1.95. The maximum atomic E-state index is 12.5. The van der Waals surface area contributed by atoms with Crippen molar-refractivity contribution in [3.8, 4) is 0 Å². The second kappa shape index (κ2) is 5.50. The van der Waals surface area contributed by atoms with Gasteiger partial charge in [-0.1, -0.05) is 0 Å². The minimum atomic E-state index is -2.44. The third-order valence-electron chi connectivity index (χ3n) is 3.34. The number of fused-ring (bicyclic) bond motifs is 1. The first-order valence-electron chi connectivity index (χ1n) is 6.35. The maximum absolute atomic E-state index is 12.5. The number of aryl methyl sites for hydroxylation is 2. The van der Waals surface area contributed by atoms with Gasteiger partial charge in [-0.15, -0.1) is 0 Å². The Hall–Kier alpha value is -1.72. The van der Waals surface area contributed by atoms with E-state index in [0.29, 0.717) is 11.4 Å². The number of pyridine rings is 1. The number of halogens is 2. The fourth-order valence-corrected chi connectivity index (χ4v) is 2.41. The summed E-state index contributed by atoms with van der Waals surface area (Å²) in [5.41, 5.74) is 8.03. The third kappa shape index (κ3) is 3.00. The van der Waals surface area contributed by atoms with Crippen molar-refractivity contribution < 1.29 is 8.78 Å². The van der Waals surface area contributed by atoms with Crippen molar-refractivity contribution in [3.05, 3.63) is 22.9 Å². The van der Waals surface area contributed by atoms with Crippen molar-refractivity contribution in [2.75, 3.05) is 18.5 Å². The molecule has 1 aromatic heterocycles. The number of nitrogen functional groups attached to an aromatic ring is 1. The third-order valence-corrected chi connectivity index (χ3v) is 3.34. The van der Waals surface area contributed by atoms with Crippen molar-refractivity contribution in [2.24, 2.45) is 5.73 Å². The van der Waals surface area contributed by atoms with Crippen LogP contribution in [0.15, 0.2) is 6.07 Å². The number of nitrogens with zero attached hydrogens (tertiary/aromatic N) is 2. The molecule has 0 spiro atoms. The summed E-state index contributed by atoms with van der Waals surface area (Å²) in [4.78, 5) is 5.83. The number of aromatic nitrogens is 1. The van der Waals surface area contributed by atoms with Crippen LogP contribution in [0.5, 0.6) is 0 Å². The zero-order valence-corrected chi connectivity index (χ0v) is 10.9. The largest absolute Gasteiger partial charge is 0.384 e. The molecule has 0 unspecified atom stereocenters. The van der Waals surface area contributed by atoms with Crippen LogP contribution in [-0.4, -0.2) is 30.8 Å². The first-order valence-corrected chi connectivity index (χ1v) is 6.35. The number of alkyl halides is 2. The van der Waals surface area contributed by atoms with Crippen LogP contribution in [0.4, 0.5) is 14.6 Å². The molecule has 6 heteroatoms. The van der Waals surface area contributed by atoms with Gasteiger partial charge >= 0.3 is 0 Å². The zero-order valence-electron chi connectivity index (χ0n) is 10.9. The number of hydrogen-bond donors (Lipinski definition) is 2. The van der Waals surface area contributed by atoms with Crippen LogP contribution in [-0.2, 0) is 12.8 Å². The molecule has 19 heavy (non-hydrogen) atoms. The smallest absolute Gasteiger partial charge is 0.255 e. The van der Waals surface area contributed by atoms with Crippen LogP contribution < -0.4 is 10.6 Å². The highest BCUT2D eigenvalue weighted by molar-refractivity contribution is 5.99. The molecule has 0 aliphatic heterocycles. The molecule has 0 bridgehead atoms. The Morgan fingerprint density at radius 1 is 1.47 bits per heavy atom. The zero-order chi connectivity index (χ0) is 14.0. The highest BCUT2D eigenvalue weighted by Crippen LogP contribution is 2.26. The van der Waals surface area contributed by atoms with Gasteiger partial charge in [0.2, 0.25) is 0 Å². The van der Waals surface area contributed by atoms with Gasteiger partial charge in [-0.05, 0) is 37.3 Å². The number of nitrogens with two attached hydrogens (primary N) is 1. The van der Waals surface area contributed by atoms with E-state index in [0.717, 1.165) is 36.9 Å². The molecule has 4 nitrogen and oxygen atoms in total. The van der Waals surface area contributed by atoms with E-state index in [1.54, 1.807) is 7.05 Å². The Labute approximate surface area is 111 Å². The molecule has 0 aromatic carbocycles. The Morgan fingerprint density at radius 2 is 2.16 bits per heavy atom. The summed E-state index contributed by atoms with van der Waals surface area (Å²) < 4.78 is 25.0. The van der Waals surface area contributed by atoms with Gasteiger partial charge in [-0.3, -0.25) is 5.41 Å². The van der Waals surface area contributed by atoms with E-state index in [4.69, 9.17) is 11.1 Å². The van der Waals surface area contributed by atoms with Gasteiger partial charge < -0.3 is 10.6 Å². The van der Waals surface area contributed by atoms with Gasteiger partial charge in [-0.25, -0.2) is 13.8 Å². The van der Waals surface area contributed by atoms with Gasteiger partial charge in [0.25, 0.3) is 6.43 Å². The van der Waals surface area contributed by atoms with E-state index in [1.165, 1.54) is 4.90 Å². The average molecular weight is 268 g/mol. The topological polar surface area (TPSA) is 66.0 Å².